The number of ether oxygens (including phenoxy) is 1. The number of hydrogen-bond donors (Lipinski definition) is 1. The van der Waals surface area contributed by atoms with Gasteiger partial charge in [-0.25, -0.2) is 0 Å². The van der Waals surface area contributed by atoms with Gasteiger partial charge >= 0.3 is 0 Å². The molecule has 4 heteroatoms. The van der Waals surface area contributed by atoms with Crippen molar-refractivity contribution in [3.63, 3.8) is 0 Å². The molecule has 0 aromatic heterocycles. The van der Waals surface area contributed by atoms with E-state index in [0.717, 1.165) is 6.42 Å². The molecule has 106 valence electrons. The summed E-state index contributed by atoms with van der Waals surface area (Å²) in [6.45, 7) is 3.06. The van der Waals surface area contributed by atoms with Crippen molar-refractivity contribution < 1.29 is 9.53 Å². The lowest BCUT2D eigenvalue weighted by atomic mass is 10.0. The molecule has 1 unspecified atom stereocenters. The van der Waals surface area contributed by atoms with Crippen LogP contribution in [0, 0.1) is 6.92 Å². The maximum atomic E-state index is 12.0. The molecule has 1 atom stereocenters. The van der Waals surface area contributed by atoms with E-state index in [-0.39, 0.29) is 11.9 Å². The molecular weight excluding hydrogens is 240 g/mol. The number of nitrogens with two attached hydrogens (primary N) is 1. The van der Waals surface area contributed by atoms with Crippen molar-refractivity contribution in [2.75, 3.05) is 27.3 Å². The second-order valence-electron chi connectivity index (χ2n) is 4.92. The van der Waals surface area contributed by atoms with E-state index in [2.05, 4.69) is 19.1 Å². The molecule has 4 nitrogen and oxygen atoms in total. The van der Waals surface area contributed by atoms with E-state index in [1.165, 1.54) is 11.1 Å². The second kappa shape index (κ2) is 7.92. The molecule has 0 aliphatic heterocycles. The van der Waals surface area contributed by atoms with Crippen LogP contribution in [-0.2, 0) is 16.0 Å². The molecule has 0 spiro atoms. The van der Waals surface area contributed by atoms with Crippen molar-refractivity contribution in [3.05, 3.63) is 35.4 Å². The van der Waals surface area contributed by atoms with Crippen molar-refractivity contribution in [1.82, 2.24) is 4.90 Å². The van der Waals surface area contributed by atoms with E-state index in [9.17, 15) is 4.79 Å². The monoisotopic (exact) mass is 264 g/mol. The fourth-order valence-electron chi connectivity index (χ4n) is 2.04. The normalized spacial score (nSPS) is 12.2. The number of nitrogens with zero attached hydrogens (tertiary/aromatic N) is 1. The van der Waals surface area contributed by atoms with Crippen molar-refractivity contribution >= 4 is 5.91 Å². The Labute approximate surface area is 115 Å². The highest BCUT2D eigenvalue weighted by atomic mass is 16.5. The van der Waals surface area contributed by atoms with Gasteiger partial charge < -0.3 is 15.4 Å². The summed E-state index contributed by atoms with van der Waals surface area (Å²) in [7, 11) is 3.40. The van der Waals surface area contributed by atoms with Crippen LogP contribution >= 0.6 is 0 Å². The van der Waals surface area contributed by atoms with Gasteiger partial charge in [-0.05, 0) is 24.5 Å². The summed E-state index contributed by atoms with van der Waals surface area (Å²) >= 11 is 0. The van der Waals surface area contributed by atoms with Crippen molar-refractivity contribution in [2.24, 2.45) is 5.73 Å². The Morgan fingerprint density at radius 1 is 1.42 bits per heavy atom. The van der Waals surface area contributed by atoms with Gasteiger partial charge in [0.1, 0.15) is 0 Å². The number of benzene rings is 1. The molecule has 0 aliphatic rings. The number of likely N-dealkylation sites (N-methyl/N-ethyl adjacent to an activating group) is 1. The van der Waals surface area contributed by atoms with Crippen LogP contribution < -0.4 is 5.73 Å². The van der Waals surface area contributed by atoms with Crippen LogP contribution in [0.5, 0.6) is 0 Å². The van der Waals surface area contributed by atoms with Crippen LogP contribution in [0.2, 0.25) is 0 Å². The minimum Gasteiger partial charge on any atom is -0.383 e. The van der Waals surface area contributed by atoms with Crippen LogP contribution in [0.3, 0.4) is 0 Å². The highest BCUT2D eigenvalue weighted by Gasteiger charge is 2.12. The smallest absolute Gasteiger partial charge is 0.222 e. The summed E-state index contributed by atoms with van der Waals surface area (Å²) in [5.41, 5.74) is 8.29. The topological polar surface area (TPSA) is 55.6 Å². The van der Waals surface area contributed by atoms with Crippen LogP contribution in [0.1, 0.15) is 17.5 Å². The van der Waals surface area contributed by atoms with Gasteiger partial charge in [0.15, 0.2) is 0 Å². The number of rotatable bonds is 7. The van der Waals surface area contributed by atoms with Crippen molar-refractivity contribution in [1.29, 1.82) is 0 Å². The lowest BCUT2D eigenvalue weighted by Crippen LogP contribution is -2.41. The van der Waals surface area contributed by atoms with Gasteiger partial charge in [0.05, 0.1) is 6.61 Å². The third-order valence-electron chi connectivity index (χ3n) is 3.18. The number of aryl methyl sites for hydroxylation is 2. The highest BCUT2D eigenvalue weighted by Crippen LogP contribution is 2.10. The summed E-state index contributed by atoms with van der Waals surface area (Å²) in [6, 6.07) is 8.02. The summed E-state index contributed by atoms with van der Waals surface area (Å²) < 4.78 is 4.97. The van der Waals surface area contributed by atoms with Crippen molar-refractivity contribution in [3.8, 4) is 0 Å². The molecule has 1 amide bonds. The molecule has 0 bridgehead atoms. The molecule has 2 N–H and O–H groups in total. The predicted octanol–water partition coefficient (Wildman–Crippen LogP) is 1.36. The first-order chi connectivity index (χ1) is 9.04. The molecule has 0 saturated carbocycles. The largest absolute Gasteiger partial charge is 0.383 e. The highest BCUT2D eigenvalue weighted by molar-refractivity contribution is 5.76. The number of hydrogen-bond acceptors (Lipinski definition) is 3. The second-order valence-corrected chi connectivity index (χ2v) is 4.92. The number of carbonyl (C=O) groups is 1. The number of methoxy groups -OCH3 is 1. The van der Waals surface area contributed by atoms with E-state index < -0.39 is 0 Å². The summed E-state index contributed by atoms with van der Waals surface area (Å²) in [6.07, 6.45) is 1.29. The summed E-state index contributed by atoms with van der Waals surface area (Å²) in [5, 5.41) is 0. The maximum absolute atomic E-state index is 12.0. The Bertz CT molecular complexity index is 407. The van der Waals surface area contributed by atoms with E-state index in [1.807, 2.05) is 12.1 Å². The van der Waals surface area contributed by atoms with Crippen molar-refractivity contribution in [2.45, 2.75) is 25.8 Å². The Morgan fingerprint density at radius 3 is 2.74 bits per heavy atom. The average molecular weight is 264 g/mol. The summed E-state index contributed by atoms with van der Waals surface area (Å²) in [5.74, 6) is 0.120. The van der Waals surface area contributed by atoms with Gasteiger partial charge in [-0.1, -0.05) is 24.3 Å². The molecule has 0 heterocycles. The van der Waals surface area contributed by atoms with E-state index in [0.29, 0.717) is 19.6 Å². The Balaban J connectivity index is 2.40. The zero-order valence-electron chi connectivity index (χ0n) is 12.1. The molecule has 0 aliphatic carbocycles. The molecular formula is C15H24N2O2. The lowest BCUT2D eigenvalue weighted by molar-refractivity contribution is -0.130. The molecule has 1 rings (SSSR count). The third-order valence-corrected chi connectivity index (χ3v) is 3.18. The van der Waals surface area contributed by atoms with Crippen LogP contribution in [0.25, 0.3) is 0 Å². The van der Waals surface area contributed by atoms with Gasteiger partial charge in [0.25, 0.3) is 0 Å². The van der Waals surface area contributed by atoms with Gasteiger partial charge in [-0.15, -0.1) is 0 Å². The first kappa shape index (κ1) is 15.7. The SMILES string of the molecule is COCC(N)CN(C)C(=O)CCc1ccccc1C. The Kier molecular flexibility index (Phi) is 6.53. The fourth-order valence-corrected chi connectivity index (χ4v) is 2.04. The van der Waals surface area contributed by atoms with Crippen LogP contribution in [0.15, 0.2) is 24.3 Å². The zero-order chi connectivity index (χ0) is 14.3. The van der Waals surface area contributed by atoms with Gasteiger partial charge in [0, 0.05) is 33.2 Å². The maximum Gasteiger partial charge on any atom is 0.222 e. The van der Waals surface area contributed by atoms with E-state index in [1.54, 1.807) is 19.1 Å². The third kappa shape index (κ3) is 5.41. The van der Waals surface area contributed by atoms with Gasteiger partial charge in [-0.3, -0.25) is 4.79 Å². The van der Waals surface area contributed by atoms with Crippen LogP contribution in [0.4, 0.5) is 0 Å². The molecule has 1 aromatic carbocycles. The summed E-state index contributed by atoms with van der Waals surface area (Å²) in [4.78, 5) is 13.7. The molecule has 0 fully saturated rings. The quantitative estimate of drug-likeness (QED) is 0.809. The average Bonchev–Trinajstić information content (AvgIpc) is 2.37. The predicted molar refractivity (Wildman–Crippen MR) is 77.0 cm³/mol. The van der Waals surface area contributed by atoms with E-state index >= 15 is 0 Å². The standard InChI is InChI=1S/C15H24N2O2/c1-12-6-4-5-7-13(12)8-9-15(18)17(2)10-14(16)11-19-3/h4-7,14H,8-11,16H2,1-3H3. The Hall–Kier alpha value is -1.39. The lowest BCUT2D eigenvalue weighted by Gasteiger charge is -2.21. The minimum absolute atomic E-state index is 0.120. The first-order valence-electron chi connectivity index (χ1n) is 6.57. The van der Waals surface area contributed by atoms with E-state index in [4.69, 9.17) is 10.5 Å². The minimum atomic E-state index is -0.127. The first-order valence-corrected chi connectivity index (χ1v) is 6.57. The number of amides is 1. The molecule has 0 saturated heterocycles. The van der Waals surface area contributed by atoms with Gasteiger partial charge in [-0.2, -0.15) is 0 Å². The Morgan fingerprint density at radius 2 is 2.11 bits per heavy atom. The zero-order valence-corrected chi connectivity index (χ0v) is 12.1. The molecule has 1 aromatic rings. The van der Waals surface area contributed by atoms with Gasteiger partial charge in [0.2, 0.25) is 5.91 Å². The fraction of sp³-hybridized carbons (Fsp3) is 0.533. The molecule has 19 heavy (non-hydrogen) atoms. The number of carbonyl (C=O) groups excluding carboxylic acids is 1. The molecule has 0 radical (unpaired) electrons. The van der Waals surface area contributed by atoms with Crippen LogP contribution in [-0.4, -0.2) is 44.2 Å².